The summed E-state index contributed by atoms with van der Waals surface area (Å²) in [6.07, 6.45) is 7.45. The first-order chi connectivity index (χ1) is 9.25. The van der Waals surface area contributed by atoms with E-state index in [1.165, 1.54) is 0 Å². The van der Waals surface area contributed by atoms with Crippen molar-refractivity contribution < 1.29 is 4.79 Å². The molecule has 0 aliphatic heterocycles. The number of rotatable bonds is 3. The Morgan fingerprint density at radius 3 is 2.42 bits per heavy atom. The smallest absolute Gasteiger partial charge is 0.219 e. The highest BCUT2D eigenvalue weighted by Crippen LogP contribution is 2.45. The minimum atomic E-state index is -0.321. The second kappa shape index (κ2) is 4.46. The van der Waals surface area contributed by atoms with Gasteiger partial charge in [0.25, 0.3) is 0 Å². The van der Waals surface area contributed by atoms with Crippen LogP contribution in [0, 0.1) is 0 Å². The molecule has 1 aromatic heterocycles. The zero-order valence-corrected chi connectivity index (χ0v) is 10.5. The van der Waals surface area contributed by atoms with Crippen LogP contribution in [0.2, 0.25) is 0 Å². The molecule has 0 amide bonds. The lowest BCUT2D eigenvalue weighted by Gasteiger charge is -2.38. The molecule has 2 aromatic rings. The fraction of sp³-hybridized carbons (Fsp3) is 0.267. The van der Waals surface area contributed by atoms with Gasteiger partial charge < -0.3 is 10.5 Å². The van der Waals surface area contributed by atoms with Crippen molar-refractivity contribution >= 4 is 12.2 Å². The average molecular weight is 253 g/mol. The maximum absolute atomic E-state index is 11.5. The van der Waals surface area contributed by atoms with Crippen LogP contribution in [0.5, 0.6) is 0 Å². The molecule has 0 atom stereocenters. The fourth-order valence-electron chi connectivity index (χ4n) is 2.65. The normalized spacial score (nSPS) is 16.6. The predicted molar refractivity (Wildman–Crippen MR) is 73.5 cm³/mol. The van der Waals surface area contributed by atoms with Crippen LogP contribution >= 0.6 is 0 Å². The summed E-state index contributed by atoms with van der Waals surface area (Å²) in [5.74, 6) is 0.259. The number of benzene rings is 1. The van der Waals surface area contributed by atoms with Crippen LogP contribution in [0.3, 0.4) is 0 Å². The lowest BCUT2D eigenvalue weighted by atomic mass is 9.64. The van der Waals surface area contributed by atoms with Gasteiger partial charge in [-0.05, 0) is 24.0 Å². The number of aromatic nitrogens is 2. The summed E-state index contributed by atoms with van der Waals surface area (Å²) >= 11 is 0. The summed E-state index contributed by atoms with van der Waals surface area (Å²) in [6, 6.07) is 7.97. The molecule has 4 nitrogen and oxygen atoms in total. The van der Waals surface area contributed by atoms with Crippen molar-refractivity contribution in [1.29, 1.82) is 0 Å². The van der Waals surface area contributed by atoms with E-state index in [2.05, 4.69) is 9.97 Å². The molecule has 1 aliphatic carbocycles. The fourth-order valence-corrected chi connectivity index (χ4v) is 2.65. The SMILES string of the molecule is Nc1ncc(-c2ccccc2C2(C=O)CCC2)cn1. The van der Waals surface area contributed by atoms with Crippen molar-refractivity contribution in [3.05, 3.63) is 42.2 Å². The molecule has 1 aromatic carbocycles. The summed E-state index contributed by atoms with van der Waals surface area (Å²) in [5.41, 5.74) is 8.19. The van der Waals surface area contributed by atoms with Gasteiger partial charge in [0.15, 0.2) is 0 Å². The van der Waals surface area contributed by atoms with Crippen molar-refractivity contribution in [2.24, 2.45) is 0 Å². The molecule has 0 unspecified atom stereocenters. The van der Waals surface area contributed by atoms with Crippen LogP contribution in [-0.2, 0) is 10.2 Å². The quantitative estimate of drug-likeness (QED) is 0.852. The van der Waals surface area contributed by atoms with Gasteiger partial charge in [-0.2, -0.15) is 0 Å². The zero-order valence-electron chi connectivity index (χ0n) is 10.5. The van der Waals surface area contributed by atoms with Crippen LogP contribution in [-0.4, -0.2) is 16.3 Å². The van der Waals surface area contributed by atoms with E-state index >= 15 is 0 Å². The number of carbonyl (C=O) groups excluding carboxylic acids is 1. The zero-order chi connectivity index (χ0) is 13.3. The Balaban J connectivity index is 2.12. The third kappa shape index (κ3) is 1.89. The Hall–Kier alpha value is -2.23. The number of aldehydes is 1. The minimum Gasteiger partial charge on any atom is -0.368 e. The average Bonchev–Trinajstić information content (AvgIpc) is 2.40. The maximum Gasteiger partial charge on any atom is 0.219 e. The molecular formula is C15H15N3O. The Morgan fingerprint density at radius 2 is 1.84 bits per heavy atom. The lowest BCUT2D eigenvalue weighted by Crippen LogP contribution is -2.36. The highest BCUT2D eigenvalue weighted by Gasteiger charge is 2.40. The molecule has 2 N–H and O–H groups in total. The first-order valence-corrected chi connectivity index (χ1v) is 6.39. The van der Waals surface area contributed by atoms with Gasteiger partial charge in [0.2, 0.25) is 5.95 Å². The Kier molecular flexibility index (Phi) is 2.78. The number of nitrogen functional groups attached to an aromatic ring is 1. The summed E-state index contributed by atoms with van der Waals surface area (Å²) in [4.78, 5) is 19.5. The number of nitrogens with two attached hydrogens (primary N) is 1. The van der Waals surface area contributed by atoms with Crippen LogP contribution in [0.4, 0.5) is 5.95 Å². The summed E-state index contributed by atoms with van der Waals surface area (Å²) in [7, 11) is 0. The number of hydrogen-bond acceptors (Lipinski definition) is 4. The van der Waals surface area contributed by atoms with Crippen molar-refractivity contribution in [3.8, 4) is 11.1 Å². The monoisotopic (exact) mass is 253 g/mol. The van der Waals surface area contributed by atoms with Gasteiger partial charge in [-0.3, -0.25) is 0 Å². The van der Waals surface area contributed by atoms with Gasteiger partial charge in [0.1, 0.15) is 6.29 Å². The predicted octanol–water partition coefficient (Wildman–Crippen LogP) is 2.35. The van der Waals surface area contributed by atoms with Crippen molar-refractivity contribution in [2.75, 3.05) is 5.73 Å². The van der Waals surface area contributed by atoms with E-state index in [9.17, 15) is 4.79 Å². The Bertz CT molecular complexity index is 603. The third-order valence-corrected chi connectivity index (χ3v) is 3.92. The van der Waals surface area contributed by atoms with Crippen LogP contribution in [0.1, 0.15) is 24.8 Å². The molecule has 19 heavy (non-hydrogen) atoms. The van der Waals surface area contributed by atoms with E-state index in [1.807, 2.05) is 24.3 Å². The molecular weight excluding hydrogens is 238 g/mol. The van der Waals surface area contributed by atoms with E-state index in [-0.39, 0.29) is 11.4 Å². The summed E-state index contributed by atoms with van der Waals surface area (Å²) in [6.45, 7) is 0. The second-order valence-corrected chi connectivity index (χ2v) is 5.00. The molecule has 1 saturated carbocycles. The molecule has 1 heterocycles. The molecule has 1 aliphatic rings. The number of anilines is 1. The largest absolute Gasteiger partial charge is 0.368 e. The van der Waals surface area contributed by atoms with Gasteiger partial charge in [0.05, 0.1) is 5.41 Å². The number of nitrogens with zero attached hydrogens (tertiary/aromatic N) is 2. The van der Waals surface area contributed by atoms with Crippen molar-refractivity contribution in [2.45, 2.75) is 24.7 Å². The highest BCUT2D eigenvalue weighted by molar-refractivity contribution is 5.78. The van der Waals surface area contributed by atoms with Gasteiger partial charge >= 0.3 is 0 Å². The third-order valence-electron chi connectivity index (χ3n) is 3.92. The number of carbonyl (C=O) groups is 1. The van der Waals surface area contributed by atoms with E-state index in [0.717, 1.165) is 42.2 Å². The maximum atomic E-state index is 11.5. The Morgan fingerprint density at radius 1 is 1.16 bits per heavy atom. The summed E-state index contributed by atoms with van der Waals surface area (Å²) in [5, 5.41) is 0. The summed E-state index contributed by atoms with van der Waals surface area (Å²) < 4.78 is 0. The molecule has 0 spiro atoms. The molecule has 0 saturated heterocycles. The van der Waals surface area contributed by atoms with Gasteiger partial charge in [-0.25, -0.2) is 9.97 Å². The van der Waals surface area contributed by atoms with E-state index in [4.69, 9.17) is 5.73 Å². The van der Waals surface area contributed by atoms with Gasteiger partial charge in [-0.1, -0.05) is 30.7 Å². The molecule has 0 bridgehead atoms. The van der Waals surface area contributed by atoms with Crippen LogP contribution in [0.25, 0.3) is 11.1 Å². The van der Waals surface area contributed by atoms with Gasteiger partial charge in [0, 0.05) is 18.0 Å². The van der Waals surface area contributed by atoms with Crippen molar-refractivity contribution in [3.63, 3.8) is 0 Å². The first kappa shape index (κ1) is 11.8. The van der Waals surface area contributed by atoms with E-state index in [1.54, 1.807) is 12.4 Å². The topological polar surface area (TPSA) is 68.9 Å². The minimum absolute atomic E-state index is 0.259. The lowest BCUT2D eigenvalue weighted by molar-refractivity contribution is -0.115. The Labute approximate surface area is 111 Å². The van der Waals surface area contributed by atoms with E-state index in [0.29, 0.717) is 0 Å². The first-order valence-electron chi connectivity index (χ1n) is 6.39. The highest BCUT2D eigenvalue weighted by atomic mass is 16.1. The molecule has 1 fully saturated rings. The standard InChI is InChI=1S/C15H15N3O/c16-14-17-8-11(9-18-14)12-4-1-2-5-13(12)15(10-19)6-3-7-15/h1-2,4-5,8-10H,3,6-7H2,(H2,16,17,18). The molecule has 4 heteroatoms. The van der Waals surface area contributed by atoms with Crippen LogP contribution < -0.4 is 5.73 Å². The number of hydrogen-bond donors (Lipinski definition) is 1. The van der Waals surface area contributed by atoms with Gasteiger partial charge in [-0.15, -0.1) is 0 Å². The second-order valence-electron chi connectivity index (χ2n) is 5.00. The van der Waals surface area contributed by atoms with E-state index < -0.39 is 0 Å². The van der Waals surface area contributed by atoms with Crippen LogP contribution in [0.15, 0.2) is 36.7 Å². The molecule has 0 radical (unpaired) electrons. The van der Waals surface area contributed by atoms with Crippen molar-refractivity contribution in [1.82, 2.24) is 9.97 Å². The molecule has 3 rings (SSSR count). The molecule has 96 valence electrons.